The first-order valence-electron chi connectivity index (χ1n) is 9.84. The van der Waals surface area contributed by atoms with E-state index in [4.69, 9.17) is 15.2 Å². The third kappa shape index (κ3) is 6.93. The summed E-state index contributed by atoms with van der Waals surface area (Å²) in [5.41, 5.74) is 4.01. The maximum Gasteiger partial charge on any atom is 0.573 e. The maximum atomic E-state index is 15.1. The van der Waals surface area contributed by atoms with Crippen molar-refractivity contribution in [3.63, 3.8) is 0 Å². The second kappa shape index (κ2) is 10.9. The highest BCUT2D eigenvalue weighted by Gasteiger charge is 2.32. The van der Waals surface area contributed by atoms with Crippen molar-refractivity contribution in [1.82, 2.24) is 4.98 Å². The van der Waals surface area contributed by atoms with Crippen LogP contribution in [0.5, 0.6) is 28.7 Å². The molecule has 3 rings (SSSR count). The van der Waals surface area contributed by atoms with E-state index in [1.165, 1.54) is 6.07 Å². The molecular formula is C22H15F6N3O6. The molecule has 0 aliphatic heterocycles. The molecule has 37 heavy (non-hydrogen) atoms. The Morgan fingerprint density at radius 2 is 1.68 bits per heavy atom. The van der Waals surface area contributed by atoms with E-state index >= 15 is 4.39 Å². The predicted molar refractivity (Wildman–Crippen MR) is 113 cm³/mol. The molecule has 3 N–H and O–H groups in total. The van der Waals surface area contributed by atoms with Crippen LogP contribution in [0.4, 0.5) is 32.0 Å². The van der Waals surface area contributed by atoms with Crippen LogP contribution >= 0.6 is 0 Å². The fourth-order valence-corrected chi connectivity index (χ4v) is 2.88. The number of carbonyl (C=O) groups is 2. The van der Waals surface area contributed by atoms with E-state index in [0.29, 0.717) is 0 Å². The number of nitrogens with one attached hydrogen (secondary N) is 1. The molecule has 2 aromatic carbocycles. The van der Waals surface area contributed by atoms with Gasteiger partial charge in [-0.3, -0.25) is 9.59 Å². The fourth-order valence-electron chi connectivity index (χ4n) is 2.88. The van der Waals surface area contributed by atoms with Gasteiger partial charge in [-0.1, -0.05) is 0 Å². The molecule has 0 fully saturated rings. The van der Waals surface area contributed by atoms with Crippen LogP contribution in [0.3, 0.4) is 0 Å². The topological polar surface area (TPSA) is 122 Å². The molecule has 0 bridgehead atoms. The predicted octanol–water partition coefficient (Wildman–Crippen LogP) is 4.87. The molecule has 196 valence electrons. The highest BCUT2D eigenvalue weighted by atomic mass is 19.4. The normalized spacial score (nSPS) is 11.1. The summed E-state index contributed by atoms with van der Waals surface area (Å²) in [5.74, 6) is -6.36. The molecule has 0 aliphatic carbocycles. The SMILES string of the molecule is COc1cc(OC(F)(F)F)ccc1Oc1ccc(OC(F)F)c(F)c1C(=O)Nc1ccc(C(N)=O)nc1. The first-order chi connectivity index (χ1) is 17.4. The van der Waals surface area contributed by atoms with Crippen LogP contribution in [0.25, 0.3) is 0 Å². The van der Waals surface area contributed by atoms with Gasteiger partial charge in [-0.25, -0.2) is 9.37 Å². The third-order valence-corrected chi connectivity index (χ3v) is 4.37. The molecule has 3 aromatic rings. The Morgan fingerprint density at radius 1 is 1.00 bits per heavy atom. The van der Waals surface area contributed by atoms with Crippen LogP contribution < -0.4 is 30.0 Å². The summed E-state index contributed by atoms with van der Waals surface area (Å²) in [7, 11) is 1.09. The molecule has 0 atom stereocenters. The quantitative estimate of drug-likeness (QED) is 0.378. The van der Waals surface area contributed by atoms with Crippen LogP contribution in [-0.4, -0.2) is 36.9 Å². The second-order valence-electron chi connectivity index (χ2n) is 6.84. The molecule has 2 amide bonds. The zero-order valence-electron chi connectivity index (χ0n) is 18.4. The second-order valence-corrected chi connectivity index (χ2v) is 6.84. The summed E-state index contributed by atoms with van der Waals surface area (Å²) in [5, 5.41) is 2.24. The van der Waals surface area contributed by atoms with Crippen LogP contribution in [0.2, 0.25) is 0 Å². The van der Waals surface area contributed by atoms with Gasteiger partial charge in [-0.15, -0.1) is 13.2 Å². The number of halogens is 6. The van der Waals surface area contributed by atoms with Crippen LogP contribution in [0.15, 0.2) is 48.7 Å². The number of amides is 2. The molecule has 0 saturated carbocycles. The number of aromatic nitrogens is 1. The number of carbonyl (C=O) groups excluding carboxylic acids is 2. The number of rotatable bonds is 9. The summed E-state index contributed by atoms with van der Waals surface area (Å²) < 4.78 is 96.4. The van der Waals surface area contributed by atoms with Crippen molar-refractivity contribution in [1.29, 1.82) is 0 Å². The zero-order chi connectivity index (χ0) is 27.3. The molecule has 0 saturated heterocycles. The largest absolute Gasteiger partial charge is 0.573 e. The first-order valence-corrected chi connectivity index (χ1v) is 9.84. The maximum absolute atomic E-state index is 15.1. The summed E-state index contributed by atoms with van der Waals surface area (Å²) in [4.78, 5) is 27.7. The number of nitrogens with zero attached hydrogens (tertiary/aromatic N) is 1. The molecule has 0 radical (unpaired) electrons. The monoisotopic (exact) mass is 531 g/mol. The third-order valence-electron chi connectivity index (χ3n) is 4.37. The standard InChI is InChI=1S/C22H15F6N3O6/c1-34-16-8-11(37-22(26,27)28)3-5-13(16)35-14-6-7-15(36-21(24)25)18(23)17(14)20(33)31-10-2-4-12(19(29)32)30-9-10/h2-9,21H,1H3,(H2,29,32)(H,31,33). The van der Waals surface area contributed by atoms with Crippen LogP contribution in [-0.2, 0) is 0 Å². The van der Waals surface area contributed by atoms with Crippen molar-refractivity contribution in [3.8, 4) is 28.7 Å². The van der Waals surface area contributed by atoms with Gasteiger partial charge in [0.2, 0.25) is 0 Å². The minimum atomic E-state index is -4.99. The van der Waals surface area contributed by atoms with Crippen molar-refractivity contribution >= 4 is 17.5 Å². The van der Waals surface area contributed by atoms with E-state index < -0.39 is 53.4 Å². The van der Waals surface area contributed by atoms with Crippen molar-refractivity contribution in [2.24, 2.45) is 5.73 Å². The van der Waals surface area contributed by atoms with Gasteiger partial charge in [0.15, 0.2) is 23.1 Å². The first kappa shape index (κ1) is 26.9. The van der Waals surface area contributed by atoms with Gasteiger partial charge in [-0.05, 0) is 36.4 Å². The molecule has 1 heterocycles. The van der Waals surface area contributed by atoms with E-state index in [1.54, 1.807) is 0 Å². The molecule has 0 unspecified atom stereocenters. The van der Waals surface area contributed by atoms with E-state index in [1.807, 2.05) is 0 Å². The highest BCUT2D eigenvalue weighted by Crippen LogP contribution is 2.39. The van der Waals surface area contributed by atoms with Gasteiger partial charge >= 0.3 is 13.0 Å². The minimum absolute atomic E-state index is 0.0354. The number of benzene rings is 2. The van der Waals surface area contributed by atoms with E-state index in [-0.39, 0.29) is 22.9 Å². The Balaban J connectivity index is 1.99. The lowest BCUT2D eigenvalue weighted by Gasteiger charge is -2.17. The number of anilines is 1. The number of alkyl halides is 5. The molecule has 0 aliphatic rings. The number of hydrogen-bond acceptors (Lipinski definition) is 7. The van der Waals surface area contributed by atoms with Crippen molar-refractivity contribution in [2.75, 3.05) is 12.4 Å². The lowest BCUT2D eigenvalue weighted by atomic mass is 10.1. The Morgan fingerprint density at radius 3 is 2.24 bits per heavy atom. The number of methoxy groups -OCH3 is 1. The van der Waals surface area contributed by atoms with Gasteiger partial charge in [-0.2, -0.15) is 8.78 Å². The molecule has 9 nitrogen and oxygen atoms in total. The minimum Gasteiger partial charge on any atom is -0.493 e. The van der Waals surface area contributed by atoms with E-state index in [9.17, 15) is 31.5 Å². The average Bonchev–Trinajstić information content (AvgIpc) is 2.81. The van der Waals surface area contributed by atoms with Crippen LogP contribution in [0, 0.1) is 5.82 Å². The summed E-state index contributed by atoms with van der Waals surface area (Å²) in [6, 6.07) is 6.72. The van der Waals surface area contributed by atoms with Gasteiger partial charge < -0.3 is 30.0 Å². The Bertz CT molecular complexity index is 1300. The summed E-state index contributed by atoms with van der Waals surface area (Å²) in [6.45, 7) is -3.43. The summed E-state index contributed by atoms with van der Waals surface area (Å²) in [6.07, 6.45) is -3.97. The van der Waals surface area contributed by atoms with Crippen molar-refractivity contribution in [2.45, 2.75) is 13.0 Å². The molecular weight excluding hydrogens is 516 g/mol. The Labute approximate surface area is 203 Å². The van der Waals surface area contributed by atoms with Crippen molar-refractivity contribution in [3.05, 3.63) is 65.7 Å². The van der Waals surface area contributed by atoms with Crippen LogP contribution in [0.1, 0.15) is 20.8 Å². The lowest BCUT2D eigenvalue weighted by molar-refractivity contribution is -0.274. The molecule has 1 aromatic heterocycles. The Hall–Kier alpha value is -4.69. The number of pyridine rings is 1. The number of nitrogens with two attached hydrogens (primary N) is 1. The van der Waals surface area contributed by atoms with E-state index in [0.717, 1.165) is 49.7 Å². The summed E-state index contributed by atoms with van der Waals surface area (Å²) >= 11 is 0. The zero-order valence-corrected chi connectivity index (χ0v) is 18.4. The number of ether oxygens (including phenoxy) is 4. The van der Waals surface area contributed by atoms with Gasteiger partial charge in [0.05, 0.1) is 19.0 Å². The van der Waals surface area contributed by atoms with Gasteiger partial charge in [0.1, 0.15) is 22.8 Å². The highest BCUT2D eigenvalue weighted by molar-refractivity contribution is 6.07. The number of hydrogen-bond donors (Lipinski definition) is 2. The smallest absolute Gasteiger partial charge is 0.493 e. The molecule has 15 heteroatoms. The van der Waals surface area contributed by atoms with Crippen molar-refractivity contribution < 1.29 is 54.9 Å². The molecule has 0 spiro atoms. The van der Waals surface area contributed by atoms with Gasteiger partial charge in [0.25, 0.3) is 11.8 Å². The lowest BCUT2D eigenvalue weighted by Crippen LogP contribution is -2.18. The average molecular weight is 531 g/mol. The Kier molecular flexibility index (Phi) is 7.95. The number of primary amides is 1. The van der Waals surface area contributed by atoms with E-state index in [2.05, 4.69) is 19.8 Å². The van der Waals surface area contributed by atoms with Gasteiger partial charge in [0, 0.05) is 6.07 Å². The fraction of sp³-hybridized carbons (Fsp3) is 0.136.